The summed E-state index contributed by atoms with van der Waals surface area (Å²) in [4.78, 5) is 27.6. The number of carbonyl (C=O) groups excluding carboxylic acids is 2. The first-order valence-electron chi connectivity index (χ1n) is 11.5. The molecule has 37 heavy (non-hydrogen) atoms. The SMILES string of the molecule is CNC(=O)C(C)N(Cc1ccc(Cl)cc1Cl)C(=O)CN(c1ccc(C)cc1)S(=O)(=O)c1ccc(C)cc1. The van der Waals surface area contributed by atoms with Gasteiger partial charge in [-0.3, -0.25) is 13.9 Å². The Labute approximate surface area is 228 Å². The number of rotatable bonds is 9. The average molecular weight is 563 g/mol. The first-order valence-corrected chi connectivity index (χ1v) is 13.7. The summed E-state index contributed by atoms with van der Waals surface area (Å²) >= 11 is 12.4. The number of carbonyl (C=O) groups is 2. The van der Waals surface area contributed by atoms with E-state index in [4.69, 9.17) is 23.2 Å². The smallest absolute Gasteiger partial charge is 0.264 e. The molecular weight excluding hydrogens is 533 g/mol. The first-order chi connectivity index (χ1) is 17.4. The molecule has 3 aromatic carbocycles. The molecule has 0 aromatic heterocycles. The molecule has 1 N–H and O–H groups in total. The maximum Gasteiger partial charge on any atom is 0.264 e. The number of hydrogen-bond donors (Lipinski definition) is 1. The molecular formula is C27H29Cl2N3O4S. The number of hydrogen-bond acceptors (Lipinski definition) is 4. The third-order valence-electron chi connectivity index (χ3n) is 5.98. The first kappa shape index (κ1) is 28.5. The van der Waals surface area contributed by atoms with Gasteiger partial charge in [0.2, 0.25) is 11.8 Å². The van der Waals surface area contributed by atoms with Gasteiger partial charge in [0, 0.05) is 23.6 Å². The molecule has 0 saturated carbocycles. The van der Waals surface area contributed by atoms with Crippen molar-refractivity contribution in [3.05, 3.63) is 93.5 Å². The second kappa shape index (κ2) is 12.0. The lowest BCUT2D eigenvalue weighted by Crippen LogP contribution is -2.50. The lowest BCUT2D eigenvalue weighted by atomic mass is 10.1. The zero-order chi connectivity index (χ0) is 27.3. The highest BCUT2D eigenvalue weighted by Crippen LogP contribution is 2.27. The van der Waals surface area contributed by atoms with E-state index in [-0.39, 0.29) is 11.4 Å². The van der Waals surface area contributed by atoms with E-state index in [0.717, 1.165) is 15.4 Å². The molecule has 0 fully saturated rings. The predicted octanol–water partition coefficient (Wildman–Crippen LogP) is 4.97. The Hall–Kier alpha value is -3.07. The van der Waals surface area contributed by atoms with Crippen molar-refractivity contribution in [3.8, 4) is 0 Å². The van der Waals surface area contributed by atoms with Crippen molar-refractivity contribution in [3.63, 3.8) is 0 Å². The second-order valence-electron chi connectivity index (χ2n) is 8.71. The average Bonchev–Trinajstić information content (AvgIpc) is 2.86. The monoisotopic (exact) mass is 561 g/mol. The molecule has 10 heteroatoms. The maximum atomic E-state index is 13.7. The Balaban J connectivity index is 2.04. The Kier molecular flexibility index (Phi) is 9.23. The van der Waals surface area contributed by atoms with Gasteiger partial charge in [-0.1, -0.05) is 64.7 Å². The van der Waals surface area contributed by atoms with Crippen LogP contribution in [0.15, 0.2) is 71.6 Å². The minimum atomic E-state index is -4.11. The van der Waals surface area contributed by atoms with Gasteiger partial charge in [-0.25, -0.2) is 8.42 Å². The fourth-order valence-electron chi connectivity index (χ4n) is 3.70. The normalized spacial score (nSPS) is 12.1. The van der Waals surface area contributed by atoms with E-state index in [1.54, 1.807) is 61.5 Å². The summed E-state index contributed by atoms with van der Waals surface area (Å²) in [6, 6.07) is 17.2. The molecule has 3 rings (SSSR count). The summed E-state index contributed by atoms with van der Waals surface area (Å²) in [6.45, 7) is 4.78. The highest BCUT2D eigenvalue weighted by atomic mass is 35.5. The van der Waals surface area contributed by atoms with Crippen molar-refractivity contribution in [1.29, 1.82) is 0 Å². The Morgan fingerprint density at radius 3 is 2.03 bits per heavy atom. The molecule has 196 valence electrons. The molecule has 0 aliphatic rings. The van der Waals surface area contributed by atoms with Crippen LogP contribution in [0, 0.1) is 13.8 Å². The fourth-order valence-corrected chi connectivity index (χ4v) is 5.58. The van der Waals surface area contributed by atoms with Crippen LogP contribution in [0.3, 0.4) is 0 Å². The summed E-state index contributed by atoms with van der Waals surface area (Å²) in [6.07, 6.45) is 0. The van der Waals surface area contributed by atoms with Gasteiger partial charge in [0.05, 0.1) is 10.6 Å². The van der Waals surface area contributed by atoms with Crippen LogP contribution >= 0.6 is 23.2 Å². The van der Waals surface area contributed by atoms with Crippen LogP contribution in [0.4, 0.5) is 5.69 Å². The van der Waals surface area contributed by atoms with Gasteiger partial charge < -0.3 is 10.2 Å². The van der Waals surface area contributed by atoms with E-state index in [1.807, 2.05) is 13.8 Å². The van der Waals surface area contributed by atoms with Gasteiger partial charge in [-0.05, 0) is 62.7 Å². The summed E-state index contributed by atoms with van der Waals surface area (Å²) in [5.41, 5.74) is 2.74. The lowest BCUT2D eigenvalue weighted by molar-refractivity contribution is -0.139. The molecule has 2 amide bonds. The number of aryl methyl sites for hydroxylation is 2. The third-order valence-corrected chi connectivity index (χ3v) is 8.35. The van der Waals surface area contributed by atoms with E-state index >= 15 is 0 Å². The molecule has 1 unspecified atom stereocenters. The van der Waals surface area contributed by atoms with E-state index in [1.165, 1.54) is 24.1 Å². The third kappa shape index (κ3) is 6.83. The molecule has 7 nitrogen and oxygen atoms in total. The second-order valence-corrected chi connectivity index (χ2v) is 11.4. The highest BCUT2D eigenvalue weighted by molar-refractivity contribution is 7.92. The van der Waals surface area contributed by atoms with E-state index in [9.17, 15) is 18.0 Å². The van der Waals surface area contributed by atoms with Gasteiger partial charge in [0.15, 0.2) is 0 Å². The summed E-state index contributed by atoms with van der Waals surface area (Å²) in [5, 5.41) is 3.31. The Morgan fingerprint density at radius 1 is 0.919 bits per heavy atom. The largest absolute Gasteiger partial charge is 0.357 e. The van der Waals surface area contributed by atoms with Crippen molar-refractivity contribution in [1.82, 2.24) is 10.2 Å². The van der Waals surface area contributed by atoms with Crippen LogP contribution in [0.5, 0.6) is 0 Å². The van der Waals surface area contributed by atoms with Crippen LogP contribution in [-0.2, 0) is 26.2 Å². The Bertz CT molecular complexity index is 1380. The van der Waals surface area contributed by atoms with Crippen molar-refractivity contribution in [2.45, 2.75) is 38.3 Å². The lowest BCUT2D eigenvalue weighted by Gasteiger charge is -2.32. The molecule has 0 saturated heterocycles. The number of halogens is 2. The summed E-state index contributed by atoms with van der Waals surface area (Å²) < 4.78 is 28.5. The van der Waals surface area contributed by atoms with Crippen LogP contribution in [0.1, 0.15) is 23.6 Å². The predicted molar refractivity (Wildman–Crippen MR) is 147 cm³/mol. The van der Waals surface area contributed by atoms with Gasteiger partial charge in [0.25, 0.3) is 10.0 Å². The Morgan fingerprint density at radius 2 is 1.49 bits per heavy atom. The zero-order valence-electron chi connectivity index (χ0n) is 21.0. The van der Waals surface area contributed by atoms with Gasteiger partial charge >= 0.3 is 0 Å². The minimum absolute atomic E-state index is 0.0181. The number of nitrogens with one attached hydrogen (secondary N) is 1. The van der Waals surface area contributed by atoms with E-state index in [0.29, 0.717) is 21.3 Å². The summed E-state index contributed by atoms with van der Waals surface area (Å²) in [7, 11) is -2.64. The molecule has 0 heterocycles. The molecule has 0 spiro atoms. The molecule has 0 bridgehead atoms. The molecule has 1 atom stereocenters. The van der Waals surface area contributed by atoms with Gasteiger partial charge in [0.1, 0.15) is 12.6 Å². The van der Waals surface area contributed by atoms with Crippen molar-refractivity contribution >= 4 is 50.7 Å². The van der Waals surface area contributed by atoms with E-state index in [2.05, 4.69) is 5.32 Å². The van der Waals surface area contributed by atoms with Crippen molar-refractivity contribution in [2.24, 2.45) is 0 Å². The van der Waals surface area contributed by atoms with Crippen LogP contribution in [0.25, 0.3) is 0 Å². The van der Waals surface area contributed by atoms with Crippen LogP contribution in [0.2, 0.25) is 10.0 Å². The topological polar surface area (TPSA) is 86.8 Å². The number of anilines is 1. The number of nitrogens with zero attached hydrogens (tertiary/aromatic N) is 2. The number of sulfonamides is 1. The minimum Gasteiger partial charge on any atom is -0.357 e. The molecule has 0 aliphatic carbocycles. The molecule has 3 aromatic rings. The van der Waals surface area contributed by atoms with Crippen molar-refractivity contribution < 1.29 is 18.0 Å². The standard InChI is InChI=1S/C27H29Cl2N3O4S/c1-18-5-11-23(12-6-18)32(37(35,36)24-13-7-19(2)8-14-24)17-26(33)31(20(3)27(34)30-4)16-21-9-10-22(28)15-25(21)29/h5-15,20H,16-17H2,1-4H3,(H,30,34). The van der Waals surface area contributed by atoms with E-state index < -0.39 is 34.4 Å². The molecule has 0 aliphatic heterocycles. The van der Waals surface area contributed by atoms with Crippen LogP contribution < -0.4 is 9.62 Å². The van der Waals surface area contributed by atoms with Gasteiger partial charge in [-0.15, -0.1) is 0 Å². The maximum absolute atomic E-state index is 13.7. The fraction of sp³-hybridized carbons (Fsp3) is 0.259. The quantitative estimate of drug-likeness (QED) is 0.399. The number of amides is 2. The number of benzene rings is 3. The molecule has 0 radical (unpaired) electrons. The van der Waals surface area contributed by atoms with Crippen molar-refractivity contribution in [2.75, 3.05) is 17.9 Å². The van der Waals surface area contributed by atoms with Crippen LogP contribution in [-0.4, -0.2) is 44.8 Å². The summed E-state index contributed by atoms with van der Waals surface area (Å²) in [5.74, 6) is -0.972. The van der Waals surface area contributed by atoms with Gasteiger partial charge in [-0.2, -0.15) is 0 Å². The highest BCUT2D eigenvalue weighted by Gasteiger charge is 2.32. The zero-order valence-corrected chi connectivity index (χ0v) is 23.4. The number of likely N-dealkylation sites (N-methyl/N-ethyl adjacent to an activating group) is 1.